The van der Waals surface area contributed by atoms with Crippen LogP contribution >= 0.6 is 35.1 Å². The highest BCUT2D eigenvalue weighted by atomic mass is 35.5. The summed E-state index contributed by atoms with van der Waals surface area (Å²) >= 11 is 3.39. The summed E-state index contributed by atoms with van der Waals surface area (Å²) in [5.74, 6) is 0.155. The van der Waals surface area contributed by atoms with Crippen molar-refractivity contribution in [1.82, 2.24) is 4.90 Å². The maximum absolute atomic E-state index is 12.9. The third kappa shape index (κ3) is 2.84. The Hall–Kier alpha value is -1.14. The number of likely N-dealkylation sites (tertiary alicyclic amines) is 1. The molecule has 0 radical (unpaired) electrons. The Kier molecular flexibility index (Phi) is 4.64. The van der Waals surface area contributed by atoms with Crippen molar-refractivity contribution in [2.75, 3.05) is 13.1 Å². The van der Waals surface area contributed by atoms with Gasteiger partial charge in [0.2, 0.25) is 0 Å². The number of hydrogen-bond donors (Lipinski definition) is 1. The number of carbonyl (C=O) groups excluding carboxylic acids is 1. The molecule has 1 aromatic carbocycles. The van der Waals surface area contributed by atoms with Crippen LogP contribution in [-0.4, -0.2) is 29.9 Å². The molecule has 0 spiro atoms. The zero-order chi connectivity index (χ0) is 16.2. The average Bonchev–Trinajstić information content (AvgIpc) is 3.07. The van der Waals surface area contributed by atoms with Crippen molar-refractivity contribution in [3.63, 3.8) is 0 Å². The second kappa shape index (κ2) is 6.30. The molecular formula is C18H21ClN2OS2. The number of halogens is 1. The molecule has 0 saturated carbocycles. The maximum Gasteiger partial charge on any atom is 0.264 e. The van der Waals surface area contributed by atoms with Crippen LogP contribution in [-0.2, 0) is 0 Å². The zero-order valence-corrected chi connectivity index (χ0v) is 16.2. The van der Waals surface area contributed by atoms with Crippen molar-refractivity contribution in [3.05, 3.63) is 35.2 Å². The number of hydrogen-bond acceptors (Lipinski definition) is 4. The first-order valence-corrected chi connectivity index (χ1v) is 9.55. The first-order valence-electron chi connectivity index (χ1n) is 7.92. The summed E-state index contributed by atoms with van der Waals surface area (Å²) in [5.41, 5.74) is 6.17. The van der Waals surface area contributed by atoms with E-state index in [9.17, 15) is 4.79 Å². The number of fused-ring (bicyclic) bond motifs is 3. The Labute approximate surface area is 155 Å². The SMILES string of the molecule is CC1(C)CN(C(=O)c2cc3sc4ccccc4c3s2)CCC1N.Cl. The summed E-state index contributed by atoms with van der Waals surface area (Å²) in [7, 11) is 0. The van der Waals surface area contributed by atoms with E-state index in [1.54, 1.807) is 22.7 Å². The quantitative estimate of drug-likeness (QED) is 0.662. The van der Waals surface area contributed by atoms with Crippen LogP contribution in [0.15, 0.2) is 30.3 Å². The molecule has 128 valence electrons. The van der Waals surface area contributed by atoms with Crippen molar-refractivity contribution in [2.24, 2.45) is 11.1 Å². The van der Waals surface area contributed by atoms with Crippen LogP contribution in [0.3, 0.4) is 0 Å². The minimum atomic E-state index is -0.0186. The average molecular weight is 381 g/mol. The monoisotopic (exact) mass is 380 g/mol. The molecule has 1 aliphatic rings. The van der Waals surface area contributed by atoms with Gasteiger partial charge in [0.05, 0.1) is 9.58 Å². The molecule has 6 heteroatoms. The minimum absolute atomic E-state index is 0. The van der Waals surface area contributed by atoms with Crippen LogP contribution in [0.1, 0.15) is 29.9 Å². The molecule has 3 aromatic rings. The van der Waals surface area contributed by atoms with Gasteiger partial charge in [-0.05, 0) is 24.0 Å². The lowest BCUT2D eigenvalue weighted by molar-refractivity contribution is 0.0538. The van der Waals surface area contributed by atoms with Crippen molar-refractivity contribution in [2.45, 2.75) is 26.3 Å². The number of carbonyl (C=O) groups is 1. The second-order valence-corrected chi connectivity index (χ2v) is 9.15. The first-order chi connectivity index (χ1) is 11.0. The van der Waals surface area contributed by atoms with Gasteiger partial charge in [0, 0.05) is 33.9 Å². The van der Waals surface area contributed by atoms with E-state index in [1.807, 2.05) is 4.90 Å². The first kappa shape index (κ1) is 17.7. The predicted octanol–water partition coefficient (Wildman–Crippen LogP) is 4.74. The van der Waals surface area contributed by atoms with Crippen LogP contribution < -0.4 is 5.73 Å². The van der Waals surface area contributed by atoms with Crippen LogP contribution in [0.25, 0.3) is 19.5 Å². The highest BCUT2D eigenvalue weighted by molar-refractivity contribution is 7.33. The van der Waals surface area contributed by atoms with Crippen LogP contribution in [0.4, 0.5) is 0 Å². The summed E-state index contributed by atoms with van der Waals surface area (Å²) in [6, 6.07) is 10.6. The number of rotatable bonds is 1. The minimum Gasteiger partial charge on any atom is -0.337 e. The molecule has 1 saturated heterocycles. The van der Waals surface area contributed by atoms with Crippen molar-refractivity contribution < 1.29 is 4.79 Å². The van der Waals surface area contributed by atoms with Gasteiger partial charge in [-0.25, -0.2) is 0 Å². The highest BCUT2D eigenvalue weighted by Crippen LogP contribution is 2.40. The molecule has 0 bridgehead atoms. The van der Waals surface area contributed by atoms with E-state index in [0.29, 0.717) is 0 Å². The number of amides is 1. The summed E-state index contributed by atoms with van der Waals surface area (Å²) in [4.78, 5) is 15.7. The largest absolute Gasteiger partial charge is 0.337 e. The lowest BCUT2D eigenvalue weighted by Gasteiger charge is -2.42. The van der Waals surface area contributed by atoms with E-state index in [2.05, 4.69) is 44.2 Å². The van der Waals surface area contributed by atoms with E-state index in [-0.39, 0.29) is 29.8 Å². The van der Waals surface area contributed by atoms with Gasteiger partial charge in [-0.15, -0.1) is 35.1 Å². The Morgan fingerprint density at radius 1 is 1.25 bits per heavy atom. The molecule has 24 heavy (non-hydrogen) atoms. The molecule has 1 fully saturated rings. The van der Waals surface area contributed by atoms with E-state index in [4.69, 9.17) is 5.73 Å². The molecule has 1 amide bonds. The molecule has 1 aliphatic heterocycles. The highest BCUT2D eigenvalue weighted by Gasteiger charge is 2.36. The number of thiophene rings is 2. The fourth-order valence-electron chi connectivity index (χ4n) is 3.31. The van der Waals surface area contributed by atoms with Gasteiger partial charge in [-0.3, -0.25) is 4.79 Å². The van der Waals surface area contributed by atoms with Gasteiger partial charge < -0.3 is 10.6 Å². The van der Waals surface area contributed by atoms with Gasteiger partial charge >= 0.3 is 0 Å². The fraction of sp³-hybridized carbons (Fsp3) is 0.389. The number of nitrogens with two attached hydrogens (primary N) is 1. The van der Waals surface area contributed by atoms with E-state index < -0.39 is 0 Å². The van der Waals surface area contributed by atoms with E-state index in [1.165, 1.54) is 19.5 Å². The van der Waals surface area contributed by atoms with Gasteiger partial charge in [0.25, 0.3) is 5.91 Å². The molecule has 0 aliphatic carbocycles. The maximum atomic E-state index is 12.9. The Balaban J connectivity index is 0.00000169. The van der Waals surface area contributed by atoms with Gasteiger partial charge in [-0.2, -0.15) is 0 Å². The van der Waals surface area contributed by atoms with Gasteiger partial charge in [0.15, 0.2) is 0 Å². The molecule has 3 heterocycles. The van der Waals surface area contributed by atoms with Gasteiger partial charge in [0.1, 0.15) is 0 Å². The van der Waals surface area contributed by atoms with E-state index >= 15 is 0 Å². The normalized spacial score (nSPS) is 20.3. The molecule has 1 atom stereocenters. The summed E-state index contributed by atoms with van der Waals surface area (Å²) < 4.78 is 3.74. The number of benzene rings is 1. The smallest absolute Gasteiger partial charge is 0.264 e. The van der Waals surface area contributed by atoms with Crippen molar-refractivity contribution in [3.8, 4) is 0 Å². The molecular weight excluding hydrogens is 360 g/mol. The van der Waals surface area contributed by atoms with Crippen LogP contribution in [0.5, 0.6) is 0 Å². The van der Waals surface area contributed by atoms with Crippen molar-refractivity contribution >= 4 is 60.5 Å². The second-order valence-electron chi connectivity index (χ2n) is 7.01. The fourth-order valence-corrected chi connectivity index (χ4v) is 5.80. The lowest BCUT2D eigenvalue weighted by Crippen LogP contribution is -2.53. The summed E-state index contributed by atoms with van der Waals surface area (Å²) in [5, 5.41) is 1.26. The number of piperidine rings is 1. The van der Waals surface area contributed by atoms with Crippen molar-refractivity contribution in [1.29, 1.82) is 0 Å². The molecule has 4 rings (SSSR count). The standard InChI is InChI=1S/C18H20N2OS2.ClH/c1-18(2)10-20(8-7-15(18)19)17(21)14-9-13-16(23-14)11-5-3-4-6-12(11)22-13;/h3-6,9,15H,7-8,10,19H2,1-2H3;1H. The predicted molar refractivity (Wildman–Crippen MR) is 107 cm³/mol. The molecule has 3 nitrogen and oxygen atoms in total. The Morgan fingerprint density at radius 3 is 2.75 bits per heavy atom. The molecule has 2 aromatic heterocycles. The molecule has 2 N–H and O–H groups in total. The molecule has 1 unspecified atom stereocenters. The Morgan fingerprint density at radius 2 is 2.00 bits per heavy atom. The third-order valence-electron chi connectivity index (χ3n) is 4.86. The Bertz CT molecular complexity index is 899. The lowest BCUT2D eigenvalue weighted by atomic mass is 9.79. The van der Waals surface area contributed by atoms with Crippen LogP contribution in [0.2, 0.25) is 0 Å². The topological polar surface area (TPSA) is 46.3 Å². The zero-order valence-electron chi connectivity index (χ0n) is 13.7. The summed E-state index contributed by atoms with van der Waals surface area (Å²) in [6.45, 7) is 5.80. The van der Waals surface area contributed by atoms with Crippen LogP contribution in [0, 0.1) is 5.41 Å². The summed E-state index contributed by atoms with van der Waals surface area (Å²) in [6.07, 6.45) is 0.876. The number of nitrogens with zero attached hydrogens (tertiary/aromatic N) is 1. The van der Waals surface area contributed by atoms with E-state index in [0.717, 1.165) is 24.4 Å². The van der Waals surface area contributed by atoms with Gasteiger partial charge in [-0.1, -0.05) is 32.0 Å². The third-order valence-corrected chi connectivity index (χ3v) is 7.26.